The van der Waals surface area contributed by atoms with Gasteiger partial charge in [0.25, 0.3) is 11.5 Å². The number of thiazole rings is 1. The van der Waals surface area contributed by atoms with Crippen molar-refractivity contribution >= 4 is 34.6 Å². The molecule has 1 N–H and O–H groups in total. The van der Waals surface area contributed by atoms with Crippen LogP contribution in [0.15, 0.2) is 90.0 Å². The van der Waals surface area contributed by atoms with Crippen molar-refractivity contribution in [2.75, 3.05) is 5.32 Å². The molecule has 0 spiro atoms. The first kappa shape index (κ1) is 20.0. The van der Waals surface area contributed by atoms with Gasteiger partial charge >= 0.3 is 0 Å². The van der Waals surface area contributed by atoms with Crippen molar-refractivity contribution < 1.29 is 4.79 Å². The molecular formula is C24H16N4O2S. The zero-order valence-corrected chi connectivity index (χ0v) is 17.0. The summed E-state index contributed by atoms with van der Waals surface area (Å²) >= 11 is 1.09. The molecule has 0 aliphatic rings. The summed E-state index contributed by atoms with van der Waals surface area (Å²) in [6.07, 6.45) is 4.99. The smallest absolute Gasteiger partial charge is 0.273 e. The average molecular weight is 424 g/mol. The Balaban J connectivity index is 1.96. The molecule has 0 saturated carbocycles. The summed E-state index contributed by atoms with van der Waals surface area (Å²) in [5.41, 5.74) is 1.44. The van der Waals surface area contributed by atoms with E-state index in [1.54, 1.807) is 73.1 Å². The molecule has 7 heteroatoms. The molecule has 1 amide bonds. The molecule has 0 bridgehead atoms. The normalized spacial score (nSPS) is 12.2. The average Bonchev–Trinajstić information content (AvgIpc) is 3.11. The van der Waals surface area contributed by atoms with Gasteiger partial charge in [-0.25, -0.2) is 0 Å². The summed E-state index contributed by atoms with van der Waals surface area (Å²) in [7, 11) is 0. The lowest BCUT2D eigenvalue weighted by Gasteiger charge is -2.05. The number of para-hydroxylation sites is 2. The molecule has 2 aromatic heterocycles. The Kier molecular flexibility index (Phi) is 5.83. The Morgan fingerprint density at radius 3 is 2.39 bits per heavy atom. The molecule has 4 rings (SSSR count). The molecule has 0 unspecified atom stereocenters. The maximum Gasteiger partial charge on any atom is 0.273 e. The number of nitriles is 1. The lowest BCUT2D eigenvalue weighted by atomic mass is 10.2. The van der Waals surface area contributed by atoms with Gasteiger partial charge in [0.15, 0.2) is 5.57 Å². The summed E-state index contributed by atoms with van der Waals surface area (Å²) in [6, 6.07) is 23.4. The van der Waals surface area contributed by atoms with E-state index < -0.39 is 5.91 Å². The fourth-order valence-electron chi connectivity index (χ4n) is 2.99. The minimum Gasteiger partial charge on any atom is -0.321 e. The summed E-state index contributed by atoms with van der Waals surface area (Å²) in [6.45, 7) is 0. The van der Waals surface area contributed by atoms with Crippen LogP contribution in [-0.4, -0.2) is 15.5 Å². The zero-order valence-electron chi connectivity index (χ0n) is 16.2. The first-order valence-corrected chi connectivity index (χ1v) is 10.2. The van der Waals surface area contributed by atoms with Crippen molar-refractivity contribution in [3.8, 4) is 11.8 Å². The van der Waals surface area contributed by atoms with Crippen molar-refractivity contribution in [1.29, 1.82) is 5.26 Å². The number of hydrogen-bond acceptors (Lipinski definition) is 5. The molecule has 0 aliphatic heterocycles. The molecule has 4 aromatic rings. The number of aromatic nitrogens is 2. The first-order chi connectivity index (χ1) is 15.2. The molecule has 31 heavy (non-hydrogen) atoms. The molecule has 2 aromatic carbocycles. The summed E-state index contributed by atoms with van der Waals surface area (Å²) in [5, 5.41) is 12.5. The summed E-state index contributed by atoms with van der Waals surface area (Å²) in [5.74, 6) is -0.576. The molecule has 0 saturated heterocycles. The molecule has 2 heterocycles. The number of pyridine rings is 1. The van der Waals surface area contributed by atoms with Crippen LogP contribution in [0.5, 0.6) is 0 Å². The summed E-state index contributed by atoms with van der Waals surface area (Å²) in [4.78, 5) is 30.2. The van der Waals surface area contributed by atoms with E-state index in [4.69, 9.17) is 0 Å². The van der Waals surface area contributed by atoms with Crippen molar-refractivity contribution in [1.82, 2.24) is 9.55 Å². The van der Waals surface area contributed by atoms with Gasteiger partial charge in [-0.05, 0) is 42.0 Å². The van der Waals surface area contributed by atoms with Crippen LogP contribution in [-0.2, 0) is 4.79 Å². The van der Waals surface area contributed by atoms with Crippen LogP contribution in [0.25, 0.3) is 17.3 Å². The highest BCUT2D eigenvalue weighted by atomic mass is 32.1. The number of amides is 1. The number of nitrogens with zero attached hydrogens (tertiary/aromatic N) is 3. The Bertz CT molecular complexity index is 1430. The number of hydrogen-bond donors (Lipinski definition) is 1. The van der Waals surface area contributed by atoms with E-state index in [9.17, 15) is 14.9 Å². The van der Waals surface area contributed by atoms with Crippen LogP contribution in [0, 0.1) is 11.3 Å². The molecular weight excluding hydrogens is 408 g/mol. The number of nitrogens with one attached hydrogen (secondary N) is 1. The summed E-state index contributed by atoms with van der Waals surface area (Å²) < 4.78 is 2.06. The van der Waals surface area contributed by atoms with Crippen LogP contribution in [0.1, 0.15) is 5.56 Å². The van der Waals surface area contributed by atoms with Gasteiger partial charge in [0.1, 0.15) is 10.7 Å². The fourth-order valence-corrected chi connectivity index (χ4v) is 4.09. The molecule has 150 valence electrons. The zero-order chi connectivity index (χ0) is 21.6. The highest BCUT2D eigenvalue weighted by molar-refractivity contribution is 7.07. The van der Waals surface area contributed by atoms with Gasteiger partial charge in [-0.15, -0.1) is 11.3 Å². The van der Waals surface area contributed by atoms with E-state index in [2.05, 4.69) is 10.3 Å². The van der Waals surface area contributed by atoms with Crippen molar-refractivity contribution in [3.63, 3.8) is 0 Å². The second kappa shape index (κ2) is 9.03. The molecule has 0 aliphatic carbocycles. The van der Waals surface area contributed by atoms with Gasteiger partial charge in [-0.1, -0.05) is 42.5 Å². The Morgan fingerprint density at radius 1 is 1.03 bits per heavy atom. The third kappa shape index (κ3) is 4.34. The van der Waals surface area contributed by atoms with E-state index in [0.717, 1.165) is 16.9 Å². The molecule has 0 fully saturated rings. The van der Waals surface area contributed by atoms with Crippen molar-refractivity contribution in [3.05, 3.63) is 110 Å². The maximum absolute atomic E-state index is 13.3. The largest absolute Gasteiger partial charge is 0.321 e. The van der Waals surface area contributed by atoms with Gasteiger partial charge in [0, 0.05) is 18.1 Å². The molecule has 6 nitrogen and oxygen atoms in total. The third-order valence-corrected chi connectivity index (χ3v) is 5.50. The number of anilines is 1. The minimum absolute atomic E-state index is 0.138. The second-order valence-electron chi connectivity index (χ2n) is 6.49. The predicted molar refractivity (Wildman–Crippen MR) is 121 cm³/mol. The van der Waals surface area contributed by atoms with Crippen LogP contribution in [0.4, 0.5) is 5.69 Å². The van der Waals surface area contributed by atoms with E-state index in [0.29, 0.717) is 15.9 Å². The number of rotatable bonds is 4. The Morgan fingerprint density at radius 2 is 1.74 bits per heavy atom. The standard InChI is InChI=1S/C24H16N4O2S/c25-15-20(22(29)27-18-9-3-1-4-10-18)24-28(19-11-5-2-6-12-19)23(30)21(31-24)14-17-8-7-13-26-16-17/h1-14,16H,(H,27,29). The fraction of sp³-hybridized carbons (Fsp3) is 0. The van der Waals surface area contributed by atoms with Gasteiger partial charge in [-0.2, -0.15) is 5.26 Å². The van der Waals surface area contributed by atoms with Crippen molar-refractivity contribution in [2.24, 2.45) is 0 Å². The predicted octanol–water partition coefficient (Wildman–Crippen LogP) is 2.44. The number of carbonyl (C=O) groups is 1. The SMILES string of the molecule is N#CC(C(=O)Nc1ccccc1)=c1sc(=Cc2cccnc2)c(=O)n1-c1ccccc1. The van der Waals surface area contributed by atoms with E-state index in [-0.39, 0.29) is 15.8 Å². The lowest BCUT2D eigenvalue weighted by Crippen LogP contribution is -2.32. The van der Waals surface area contributed by atoms with Crippen LogP contribution < -0.4 is 20.1 Å². The monoisotopic (exact) mass is 424 g/mol. The number of benzene rings is 2. The van der Waals surface area contributed by atoms with E-state index >= 15 is 0 Å². The highest BCUT2D eigenvalue weighted by Gasteiger charge is 2.17. The van der Waals surface area contributed by atoms with Gasteiger partial charge < -0.3 is 5.32 Å². The Labute approximate surface area is 181 Å². The van der Waals surface area contributed by atoms with Gasteiger partial charge in [0.2, 0.25) is 0 Å². The lowest BCUT2D eigenvalue weighted by molar-refractivity contribution is -0.111. The van der Waals surface area contributed by atoms with Crippen molar-refractivity contribution in [2.45, 2.75) is 0 Å². The first-order valence-electron chi connectivity index (χ1n) is 9.37. The quantitative estimate of drug-likeness (QED) is 0.545. The van der Waals surface area contributed by atoms with Gasteiger partial charge in [0.05, 0.1) is 10.2 Å². The topological polar surface area (TPSA) is 87.8 Å². The Hall–Kier alpha value is -4.28. The van der Waals surface area contributed by atoms with E-state index in [1.165, 1.54) is 4.57 Å². The van der Waals surface area contributed by atoms with Crippen LogP contribution in [0.2, 0.25) is 0 Å². The number of carbonyl (C=O) groups excluding carboxylic acids is 1. The molecule has 0 atom stereocenters. The van der Waals surface area contributed by atoms with E-state index in [1.807, 2.05) is 24.3 Å². The minimum atomic E-state index is -0.576. The van der Waals surface area contributed by atoms with Gasteiger partial charge in [-0.3, -0.25) is 19.1 Å². The third-order valence-electron chi connectivity index (χ3n) is 4.40. The molecule has 0 radical (unpaired) electrons. The highest BCUT2D eigenvalue weighted by Crippen LogP contribution is 2.08. The van der Waals surface area contributed by atoms with Crippen LogP contribution in [0.3, 0.4) is 0 Å². The van der Waals surface area contributed by atoms with Crippen LogP contribution >= 0.6 is 11.3 Å². The second-order valence-corrected chi connectivity index (χ2v) is 7.52. The maximum atomic E-state index is 13.3.